The van der Waals surface area contributed by atoms with E-state index >= 15 is 0 Å². The fourth-order valence-corrected chi connectivity index (χ4v) is 4.97. The zero-order valence-corrected chi connectivity index (χ0v) is 20.5. The Labute approximate surface area is 207 Å². The van der Waals surface area contributed by atoms with E-state index in [9.17, 15) is 10.1 Å². The van der Waals surface area contributed by atoms with E-state index in [2.05, 4.69) is 64.8 Å². The second-order valence-electron chi connectivity index (χ2n) is 9.39. The standard InChI is InChI=1S/C27H25N5O2S/c1-27(2,3)20-11-9-18(10-12-20)25-29-30-26(31(25)21-7-5-4-6-8-21)35-17-19-16-28-24-15-22(32(33)34)13-14-23(19)24/h4-16,28H,17H2,1-3H3. The average molecular weight is 484 g/mol. The Bertz CT molecular complexity index is 1500. The molecule has 0 spiro atoms. The van der Waals surface area contributed by atoms with Gasteiger partial charge in [0.25, 0.3) is 5.69 Å². The predicted octanol–water partition coefficient (Wildman–Crippen LogP) is 6.91. The second-order valence-corrected chi connectivity index (χ2v) is 10.3. The van der Waals surface area contributed by atoms with Gasteiger partial charge in [-0.05, 0) is 34.7 Å². The van der Waals surface area contributed by atoms with Gasteiger partial charge in [0.15, 0.2) is 11.0 Å². The molecule has 176 valence electrons. The largest absolute Gasteiger partial charge is 0.361 e. The molecule has 2 aromatic heterocycles. The van der Waals surface area contributed by atoms with Crippen LogP contribution in [0.1, 0.15) is 31.9 Å². The molecule has 0 unspecified atom stereocenters. The van der Waals surface area contributed by atoms with Crippen LogP contribution < -0.4 is 0 Å². The lowest BCUT2D eigenvalue weighted by Crippen LogP contribution is -2.10. The number of benzene rings is 3. The number of nitrogens with zero attached hydrogens (tertiary/aromatic N) is 4. The number of nitro benzene ring substituents is 1. The number of H-pyrrole nitrogens is 1. The van der Waals surface area contributed by atoms with Crippen LogP contribution in [0.5, 0.6) is 0 Å². The van der Waals surface area contributed by atoms with E-state index in [1.165, 1.54) is 11.6 Å². The maximum atomic E-state index is 11.1. The summed E-state index contributed by atoms with van der Waals surface area (Å²) in [4.78, 5) is 13.9. The van der Waals surface area contributed by atoms with Crippen molar-refractivity contribution in [3.8, 4) is 17.1 Å². The van der Waals surface area contributed by atoms with Crippen LogP contribution in [0, 0.1) is 10.1 Å². The fourth-order valence-electron chi connectivity index (χ4n) is 4.03. The summed E-state index contributed by atoms with van der Waals surface area (Å²) in [7, 11) is 0. The van der Waals surface area contributed by atoms with Crippen molar-refractivity contribution in [2.24, 2.45) is 0 Å². The molecule has 0 aliphatic heterocycles. The van der Waals surface area contributed by atoms with Crippen molar-refractivity contribution in [1.29, 1.82) is 0 Å². The number of thioether (sulfide) groups is 1. The minimum absolute atomic E-state index is 0.0736. The van der Waals surface area contributed by atoms with Gasteiger partial charge in [-0.2, -0.15) is 0 Å². The number of aromatic nitrogens is 4. The predicted molar refractivity (Wildman–Crippen MR) is 140 cm³/mol. The maximum Gasteiger partial charge on any atom is 0.271 e. The Hall–Kier alpha value is -3.91. The Balaban J connectivity index is 1.49. The van der Waals surface area contributed by atoms with Crippen LogP contribution in [-0.2, 0) is 11.2 Å². The van der Waals surface area contributed by atoms with Crippen molar-refractivity contribution in [3.63, 3.8) is 0 Å². The number of non-ortho nitro benzene ring substituents is 1. The number of nitrogens with one attached hydrogen (secondary N) is 1. The van der Waals surface area contributed by atoms with Crippen LogP contribution in [0.15, 0.2) is 84.1 Å². The number of aromatic amines is 1. The number of fused-ring (bicyclic) bond motifs is 1. The first-order valence-electron chi connectivity index (χ1n) is 11.3. The Kier molecular flexibility index (Phi) is 5.90. The molecule has 3 aromatic carbocycles. The monoisotopic (exact) mass is 483 g/mol. The summed E-state index contributed by atoms with van der Waals surface area (Å²) >= 11 is 1.58. The molecule has 8 heteroatoms. The van der Waals surface area contributed by atoms with Gasteiger partial charge in [0, 0.05) is 40.7 Å². The van der Waals surface area contributed by atoms with Gasteiger partial charge in [0.1, 0.15) is 0 Å². The molecular weight excluding hydrogens is 458 g/mol. The summed E-state index contributed by atoms with van der Waals surface area (Å²) in [5.41, 5.74) is 5.21. The summed E-state index contributed by atoms with van der Waals surface area (Å²) < 4.78 is 2.08. The molecule has 0 amide bonds. The number of hydrogen-bond donors (Lipinski definition) is 1. The van der Waals surface area contributed by atoms with Crippen LogP contribution in [0.2, 0.25) is 0 Å². The van der Waals surface area contributed by atoms with Crippen molar-refractivity contribution in [3.05, 3.63) is 100 Å². The lowest BCUT2D eigenvalue weighted by Gasteiger charge is -2.19. The molecule has 5 aromatic rings. The molecular formula is C27H25N5O2S. The minimum Gasteiger partial charge on any atom is -0.361 e. The zero-order chi connectivity index (χ0) is 24.6. The van der Waals surface area contributed by atoms with E-state index in [1.807, 2.05) is 36.5 Å². The van der Waals surface area contributed by atoms with E-state index in [0.29, 0.717) is 5.75 Å². The lowest BCUT2D eigenvalue weighted by molar-refractivity contribution is -0.384. The first-order chi connectivity index (χ1) is 16.8. The highest BCUT2D eigenvalue weighted by molar-refractivity contribution is 7.98. The van der Waals surface area contributed by atoms with Gasteiger partial charge in [0.2, 0.25) is 0 Å². The lowest BCUT2D eigenvalue weighted by atomic mass is 9.87. The number of nitro groups is 1. The normalized spacial score (nSPS) is 11.7. The highest BCUT2D eigenvalue weighted by Crippen LogP contribution is 2.33. The topological polar surface area (TPSA) is 89.6 Å². The number of hydrogen-bond acceptors (Lipinski definition) is 5. The van der Waals surface area contributed by atoms with E-state index in [4.69, 9.17) is 0 Å². The third kappa shape index (κ3) is 4.57. The third-order valence-electron chi connectivity index (χ3n) is 5.98. The molecule has 0 saturated carbocycles. The molecule has 2 heterocycles. The van der Waals surface area contributed by atoms with Crippen molar-refractivity contribution >= 4 is 28.4 Å². The van der Waals surface area contributed by atoms with Crippen LogP contribution in [-0.4, -0.2) is 24.7 Å². The first kappa shape index (κ1) is 22.9. The smallest absolute Gasteiger partial charge is 0.271 e. The molecule has 0 aliphatic carbocycles. The fraction of sp³-hybridized carbons (Fsp3) is 0.185. The minimum atomic E-state index is -0.382. The van der Waals surface area contributed by atoms with Crippen molar-refractivity contribution < 1.29 is 4.92 Å². The molecule has 0 saturated heterocycles. The van der Waals surface area contributed by atoms with Gasteiger partial charge in [-0.1, -0.05) is 75.0 Å². The summed E-state index contributed by atoms with van der Waals surface area (Å²) in [5, 5.41) is 21.9. The maximum absolute atomic E-state index is 11.1. The molecule has 0 fully saturated rings. The van der Waals surface area contributed by atoms with Crippen LogP contribution in [0.4, 0.5) is 5.69 Å². The number of rotatable bonds is 6. The van der Waals surface area contributed by atoms with Crippen LogP contribution in [0.3, 0.4) is 0 Å². The molecule has 0 atom stereocenters. The van der Waals surface area contributed by atoms with Crippen LogP contribution in [0.25, 0.3) is 28.0 Å². The highest BCUT2D eigenvalue weighted by Gasteiger charge is 2.19. The van der Waals surface area contributed by atoms with Crippen molar-refractivity contribution in [1.82, 2.24) is 19.7 Å². The van der Waals surface area contributed by atoms with Gasteiger partial charge in [-0.25, -0.2) is 0 Å². The van der Waals surface area contributed by atoms with Gasteiger partial charge in [-0.3, -0.25) is 14.7 Å². The number of para-hydroxylation sites is 1. The highest BCUT2D eigenvalue weighted by atomic mass is 32.2. The van der Waals surface area contributed by atoms with Crippen LogP contribution >= 0.6 is 11.8 Å². The first-order valence-corrected chi connectivity index (χ1v) is 12.3. The summed E-state index contributed by atoms with van der Waals surface area (Å²) in [5.74, 6) is 1.43. The molecule has 0 radical (unpaired) electrons. The molecule has 35 heavy (non-hydrogen) atoms. The van der Waals surface area contributed by atoms with Crippen molar-refractivity contribution in [2.75, 3.05) is 0 Å². The zero-order valence-electron chi connectivity index (χ0n) is 19.7. The van der Waals surface area contributed by atoms with Gasteiger partial charge in [-0.15, -0.1) is 10.2 Å². The van der Waals surface area contributed by atoms with E-state index in [0.717, 1.165) is 38.7 Å². The van der Waals surface area contributed by atoms with Gasteiger partial charge < -0.3 is 4.98 Å². The second kappa shape index (κ2) is 9.03. The van der Waals surface area contributed by atoms with E-state index in [-0.39, 0.29) is 16.0 Å². The molecule has 5 rings (SSSR count). The van der Waals surface area contributed by atoms with E-state index in [1.54, 1.807) is 23.9 Å². The summed E-state index contributed by atoms with van der Waals surface area (Å²) in [6.07, 6.45) is 1.90. The average Bonchev–Trinajstić information content (AvgIpc) is 3.46. The van der Waals surface area contributed by atoms with Gasteiger partial charge >= 0.3 is 0 Å². The Morgan fingerprint density at radius 1 is 1.00 bits per heavy atom. The van der Waals surface area contributed by atoms with E-state index < -0.39 is 0 Å². The molecule has 7 nitrogen and oxygen atoms in total. The third-order valence-corrected chi connectivity index (χ3v) is 6.95. The molecule has 0 bridgehead atoms. The Morgan fingerprint density at radius 3 is 2.43 bits per heavy atom. The summed E-state index contributed by atoms with van der Waals surface area (Å²) in [6.45, 7) is 6.60. The Morgan fingerprint density at radius 2 is 1.74 bits per heavy atom. The quantitative estimate of drug-likeness (QED) is 0.161. The van der Waals surface area contributed by atoms with Crippen molar-refractivity contribution in [2.45, 2.75) is 37.1 Å². The van der Waals surface area contributed by atoms with Gasteiger partial charge in [0.05, 0.1) is 10.4 Å². The SMILES string of the molecule is CC(C)(C)c1ccc(-c2nnc(SCc3c[nH]c4cc([N+](=O)[O-])ccc34)n2-c2ccccc2)cc1. The molecule has 1 N–H and O–H groups in total. The summed E-state index contributed by atoms with van der Waals surface area (Å²) in [6, 6.07) is 23.5. The molecule has 0 aliphatic rings.